The van der Waals surface area contributed by atoms with Crippen molar-refractivity contribution in [1.82, 2.24) is 0 Å². The highest BCUT2D eigenvalue weighted by molar-refractivity contribution is 8.00. The van der Waals surface area contributed by atoms with E-state index in [-0.39, 0.29) is 5.78 Å². The summed E-state index contributed by atoms with van der Waals surface area (Å²) in [6.45, 7) is 4.13. The molecule has 0 aliphatic heterocycles. The standard InChI is InChI=1S/C17H18OS/c1-13-6-5-8-15(10-13)11-16(18)12-19-17-9-4-3-7-14(17)2/h3-10H,11-12H2,1-2H3. The zero-order valence-corrected chi connectivity index (χ0v) is 12.2. The van der Waals surface area contributed by atoms with E-state index in [9.17, 15) is 4.79 Å². The fraction of sp³-hybridized carbons (Fsp3) is 0.235. The summed E-state index contributed by atoms with van der Waals surface area (Å²) < 4.78 is 0. The molecule has 2 aromatic carbocycles. The molecular formula is C17H18OS. The molecule has 0 amide bonds. The van der Waals surface area contributed by atoms with Crippen molar-refractivity contribution in [2.24, 2.45) is 0 Å². The van der Waals surface area contributed by atoms with Gasteiger partial charge in [0.2, 0.25) is 0 Å². The summed E-state index contributed by atoms with van der Waals surface area (Å²) in [5, 5.41) is 0. The fourth-order valence-electron chi connectivity index (χ4n) is 1.98. The van der Waals surface area contributed by atoms with Crippen LogP contribution in [0.25, 0.3) is 0 Å². The predicted octanol–water partition coefficient (Wildman–Crippen LogP) is 4.21. The Morgan fingerprint density at radius 2 is 1.84 bits per heavy atom. The van der Waals surface area contributed by atoms with E-state index in [1.165, 1.54) is 16.0 Å². The summed E-state index contributed by atoms with van der Waals surface area (Å²) in [6, 6.07) is 16.3. The monoisotopic (exact) mass is 270 g/mol. The third kappa shape index (κ3) is 4.25. The number of rotatable bonds is 5. The van der Waals surface area contributed by atoms with Crippen LogP contribution >= 0.6 is 11.8 Å². The highest BCUT2D eigenvalue weighted by atomic mass is 32.2. The number of hydrogen-bond donors (Lipinski definition) is 0. The summed E-state index contributed by atoms with van der Waals surface area (Å²) in [4.78, 5) is 13.2. The van der Waals surface area contributed by atoms with E-state index in [4.69, 9.17) is 0 Å². The summed E-state index contributed by atoms with van der Waals surface area (Å²) in [6.07, 6.45) is 0.528. The first-order valence-electron chi connectivity index (χ1n) is 6.41. The van der Waals surface area contributed by atoms with E-state index in [0.29, 0.717) is 12.2 Å². The molecule has 0 fully saturated rings. The smallest absolute Gasteiger partial charge is 0.147 e. The van der Waals surface area contributed by atoms with Crippen molar-refractivity contribution in [2.45, 2.75) is 25.2 Å². The minimum atomic E-state index is 0.277. The molecule has 0 bridgehead atoms. The molecule has 2 aromatic rings. The third-order valence-corrected chi connectivity index (χ3v) is 4.20. The lowest BCUT2D eigenvalue weighted by molar-refractivity contribution is -0.116. The van der Waals surface area contributed by atoms with Crippen molar-refractivity contribution in [3.63, 3.8) is 0 Å². The maximum atomic E-state index is 12.0. The quantitative estimate of drug-likeness (QED) is 0.757. The number of Topliss-reactive ketones (excluding diaryl/α,β-unsaturated/α-hetero) is 1. The summed E-state index contributed by atoms with van der Waals surface area (Å²) in [5.74, 6) is 0.817. The highest BCUT2D eigenvalue weighted by Gasteiger charge is 2.06. The Morgan fingerprint density at radius 3 is 2.58 bits per heavy atom. The normalized spacial score (nSPS) is 10.4. The molecule has 2 rings (SSSR count). The Bertz CT molecular complexity index is 575. The minimum absolute atomic E-state index is 0.277. The first-order chi connectivity index (χ1) is 9.15. The molecular weight excluding hydrogens is 252 g/mol. The van der Waals surface area contributed by atoms with E-state index in [0.717, 1.165) is 5.56 Å². The Labute approximate surface area is 119 Å². The number of hydrogen-bond acceptors (Lipinski definition) is 2. The van der Waals surface area contributed by atoms with Crippen LogP contribution in [0.1, 0.15) is 16.7 Å². The summed E-state index contributed by atoms with van der Waals surface area (Å²) >= 11 is 1.63. The van der Waals surface area contributed by atoms with Crippen molar-refractivity contribution < 1.29 is 4.79 Å². The van der Waals surface area contributed by atoms with E-state index in [1.807, 2.05) is 24.3 Å². The molecule has 0 saturated heterocycles. The van der Waals surface area contributed by atoms with Gasteiger partial charge in [0.1, 0.15) is 5.78 Å². The largest absolute Gasteiger partial charge is 0.298 e. The van der Waals surface area contributed by atoms with Crippen LogP contribution in [0.3, 0.4) is 0 Å². The van der Waals surface area contributed by atoms with Gasteiger partial charge < -0.3 is 0 Å². The zero-order chi connectivity index (χ0) is 13.7. The van der Waals surface area contributed by atoms with Gasteiger partial charge in [-0.25, -0.2) is 0 Å². The molecule has 0 atom stereocenters. The first kappa shape index (κ1) is 13.9. The van der Waals surface area contributed by atoms with Crippen LogP contribution in [-0.2, 0) is 11.2 Å². The molecule has 19 heavy (non-hydrogen) atoms. The predicted molar refractivity (Wildman–Crippen MR) is 81.8 cm³/mol. The van der Waals surface area contributed by atoms with Crippen molar-refractivity contribution in [3.8, 4) is 0 Å². The molecule has 1 nitrogen and oxygen atoms in total. The molecule has 0 spiro atoms. The van der Waals surface area contributed by atoms with Gasteiger partial charge in [-0.2, -0.15) is 0 Å². The maximum absolute atomic E-state index is 12.0. The number of benzene rings is 2. The van der Waals surface area contributed by atoms with Gasteiger partial charge in [-0.15, -0.1) is 11.8 Å². The zero-order valence-electron chi connectivity index (χ0n) is 11.3. The summed E-state index contributed by atoms with van der Waals surface area (Å²) in [7, 11) is 0. The van der Waals surface area contributed by atoms with Gasteiger partial charge in [0.05, 0.1) is 5.75 Å². The van der Waals surface area contributed by atoms with Crippen LogP contribution in [-0.4, -0.2) is 11.5 Å². The van der Waals surface area contributed by atoms with Gasteiger partial charge in [-0.3, -0.25) is 4.79 Å². The topological polar surface area (TPSA) is 17.1 Å². The van der Waals surface area contributed by atoms with Gasteiger partial charge in [0, 0.05) is 11.3 Å². The highest BCUT2D eigenvalue weighted by Crippen LogP contribution is 2.22. The van der Waals surface area contributed by atoms with Crippen molar-refractivity contribution in [2.75, 3.05) is 5.75 Å². The molecule has 98 valence electrons. The third-order valence-electron chi connectivity index (χ3n) is 2.97. The lowest BCUT2D eigenvalue weighted by Gasteiger charge is -2.05. The molecule has 0 radical (unpaired) electrons. The molecule has 2 heteroatoms. The average molecular weight is 270 g/mol. The van der Waals surface area contributed by atoms with Gasteiger partial charge in [0.15, 0.2) is 0 Å². The number of carbonyl (C=O) groups excluding carboxylic acids is 1. The Hall–Kier alpha value is -1.54. The summed E-state index contributed by atoms with van der Waals surface area (Å²) in [5.41, 5.74) is 3.54. The van der Waals surface area contributed by atoms with Gasteiger partial charge in [-0.1, -0.05) is 48.0 Å². The molecule has 0 aromatic heterocycles. The Balaban J connectivity index is 1.90. The number of aryl methyl sites for hydroxylation is 2. The number of carbonyl (C=O) groups is 1. The van der Waals surface area contributed by atoms with E-state index in [2.05, 4.69) is 38.1 Å². The molecule has 0 heterocycles. The average Bonchev–Trinajstić information content (AvgIpc) is 2.38. The van der Waals surface area contributed by atoms with Crippen LogP contribution in [0.5, 0.6) is 0 Å². The second-order valence-electron chi connectivity index (χ2n) is 4.76. The van der Waals surface area contributed by atoms with Crippen molar-refractivity contribution >= 4 is 17.5 Å². The lowest BCUT2D eigenvalue weighted by atomic mass is 10.1. The van der Waals surface area contributed by atoms with Crippen LogP contribution in [0.4, 0.5) is 0 Å². The van der Waals surface area contributed by atoms with Crippen LogP contribution in [0, 0.1) is 13.8 Å². The number of ketones is 1. The van der Waals surface area contributed by atoms with Crippen molar-refractivity contribution in [3.05, 3.63) is 65.2 Å². The molecule has 0 saturated carbocycles. The van der Waals surface area contributed by atoms with Crippen molar-refractivity contribution in [1.29, 1.82) is 0 Å². The molecule has 0 aliphatic rings. The first-order valence-corrected chi connectivity index (χ1v) is 7.39. The fourth-order valence-corrected chi connectivity index (χ4v) is 2.87. The molecule has 0 aliphatic carbocycles. The Morgan fingerprint density at radius 1 is 1.05 bits per heavy atom. The lowest BCUT2D eigenvalue weighted by Crippen LogP contribution is -2.05. The molecule has 0 unspecified atom stereocenters. The van der Waals surface area contributed by atoms with Crippen LogP contribution in [0.2, 0.25) is 0 Å². The molecule has 0 N–H and O–H groups in total. The van der Waals surface area contributed by atoms with E-state index >= 15 is 0 Å². The maximum Gasteiger partial charge on any atom is 0.147 e. The number of thioether (sulfide) groups is 1. The van der Waals surface area contributed by atoms with Gasteiger partial charge in [0.25, 0.3) is 0 Å². The van der Waals surface area contributed by atoms with E-state index in [1.54, 1.807) is 11.8 Å². The van der Waals surface area contributed by atoms with Gasteiger partial charge in [-0.05, 0) is 31.0 Å². The Kier molecular flexibility index (Phi) is 4.80. The minimum Gasteiger partial charge on any atom is -0.298 e. The second kappa shape index (κ2) is 6.58. The van der Waals surface area contributed by atoms with Crippen LogP contribution < -0.4 is 0 Å². The second-order valence-corrected chi connectivity index (χ2v) is 5.78. The van der Waals surface area contributed by atoms with Crippen LogP contribution in [0.15, 0.2) is 53.4 Å². The SMILES string of the molecule is Cc1cccc(CC(=O)CSc2ccccc2C)c1. The van der Waals surface area contributed by atoms with Gasteiger partial charge >= 0.3 is 0 Å². The van der Waals surface area contributed by atoms with E-state index < -0.39 is 0 Å².